The van der Waals surface area contributed by atoms with E-state index in [1.54, 1.807) is 6.92 Å². The highest BCUT2D eigenvalue weighted by atomic mass is 79.9. The molecule has 1 aromatic rings. The fourth-order valence-electron chi connectivity index (χ4n) is 1.43. The second kappa shape index (κ2) is 3.56. The smallest absolute Gasteiger partial charge is 0.213 e. The Bertz CT molecular complexity index is 353. The topological polar surface area (TPSA) is 31.4 Å². The minimum Gasteiger partial charge on any atom is -0.344 e. The van der Waals surface area contributed by atoms with Gasteiger partial charge in [0.15, 0.2) is 5.79 Å². The average Bonchev–Trinajstić information content (AvgIpc) is 2.58. The number of hydrogen-bond donors (Lipinski definition) is 0. The molecule has 1 aromatic heterocycles. The lowest BCUT2D eigenvalue weighted by molar-refractivity contribution is -0.150. The molecule has 0 saturated carbocycles. The van der Waals surface area contributed by atoms with Gasteiger partial charge in [-0.3, -0.25) is 0 Å². The molecule has 1 saturated heterocycles. The van der Waals surface area contributed by atoms with E-state index in [1.165, 1.54) is 12.3 Å². The Balaban J connectivity index is 2.44. The van der Waals surface area contributed by atoms with Crippen molar-refractivity contribution in [1.29, 1.82) is 0 Å². The number of rotatable bonds is 1. The molecule has 14 heavy (non-hydrogen) atoms. The highest BCUT2D eigenvalue weighted by molar-refractivity contribution is 9.10. The van der Waals surface area contributed by atoms with Crippen molar-refractivity contribution in [3.05, 3.63) is 28.2 Å². The van der Waals surface area contributed by atoms with E-state index in [4.69, 9.17) is 9.47 Å². The van der Waals surface area contributed by atoms with Crippen LogP contribution in [0.4, 0.5) is 4.39 Å². The van der Waals surface area contributed by atoms with Crippen LogP contribution < -0.4 is 0 Å². The predicted octanol–water partition coefficient (Wildman–Crippen LogP) is 2.20. The van der Waals surface area contributed by atoms with Gasteiger partial charge in [-0.2, -0.15) is 4.39 Å². The molecule has 0 atom stereocenters. The fourth-order valence-corrected chi connectivity index (χ4v) is 2.01. The maximum Gasteiger partial charge on any atom is 0.213 e. The number of hydrogen-bond acceptors (Lipinski definition) is 3. The van der Waals surface area contributed by atoms with Crippen molar-refractivity contribution in [2.45, 2.75) is 12.7 Å². The summed E-state index contributed by atoms with van der Waals surface area (Å²) >= 11 is 3.29. The minimum absolute atomic E-state index is 0.521. The van der Waals surface area contributed by atoms with Gasteiger partial charge in [-0.05, 0) is 22.9 Å². The van der Waals surface area contributed by atoms with Crippen LogP contribution in [0.25, 0.3) is 0 Å². The van der Waals surface area contributed by atoms with Crippen LogP contribution in [0.15, 0.2) is 16.7 Å². The maximum absolute atomic E-state index is 12.9. The molecule has 76 valence electrons. The summed E-state index contributed by atoms with van der Waals surface area (Å²) in [6.07, 6.45) is 1.40. The molecule has 3 nitrogen and oxygen atoms in total. The molecule has 0 N–H and O–H groups in total. The normalized spacial score (nSPS) is 19.9. The molecule has 5 heteroatoms. The van der Waals surface area contributed by atoms with Gasteiger partial charge in [0.25, 0.3) is 0 Å². The van der Waals surface area contributed by atoms with Crippen molar-refractivity contribution in [2.24, 2.45) is 0 Å². The van der Waals surface area contributed by atoms with E-state index in [9.17, 15) is 4.39 Å². The van der Waals surface area contributed by atoms with Gasteiger partial charge in [0.2, 0.25) is 5.95 Å². The average molecular weight is 262 g/mol. The summed E-state index contributed by atoms with van der Waals surface area (Å²) in [5.41, 5.74) is 0.627. The molecule has 1 fully saturated rings. The highest BCUT2D eigenvalue weighted by Crippen LogP contribution is 2.35. The third kappa shape index (κ3) is 1.67. The van der Waals surface area contributed by atoms with Crippen molar-refractivity contribution in [3.63, 3.8) is 0 Å². The Kier molecular flexibility index (Phi) is 2.55. The van der Waals surface area contributed by atoms with Crippen LogP contribution in [0, 0.1) is 5.95 Å². The molecule has 0 aromatic carbocycles. The lowest BCUT2D eigenvalue weighted by Gasteiger charge is -2.23. The molecule has 0 unspecified atom stereocenters. The number of nitrogens with zero attached hydrogens (tertiary/aromatic N) is 1. The van der Waals surface area contributed by atoms with E-state index in [0.29, 0.717) is 23.2 Å². The molecule has 0 radical (unpaired) electrons. The van der Waals surface area contributed by atoms with Gasteiger partial charge < -0.3 is 9.47 Å². The summed E-state index contributed by atoms with van der Waals surface area (Å²) in [6, 6.07) is 1.31. The minimum atomic E-state index is -0.859. The third-order valence-corrected chi connectivity index (χ3v) is 2.78. The van der Waals surface area contributed by atoms with E-state index in [1.807, 2.05) is 0 Å². The number of halogens is 2. The third-order valence-electron chi connectivity index (χ3n) is 2.15. The van der Waals surface area contributed by atoms with E-state index in [0.717, 1.165) is 0 Å². The number of pyridine rings is 1. The van der Waals surface area contributed by atoms with Gasteiger partial charge in [-0.25, -0.2) is 4.98 Å². The Morgan fingerprint density at radius 3 is 2.79 bits per heavy atom. The van der Waals surface area contributed by atoms with Crippen LogP contribution in [-0.2, 0) is 15.3 Å². The molecule has 1 aliphatic rings. The molecule has 0 amide bonds. The zero-order chi connectivity index (χ0) is 10.2. The molecule has 2 rings (SSSR count). The van der Waals surface area contributed by atoms with Crippen LogP contribution >= 0.6 is 15.9 Å². The summed E-state index contributed by atoms with van der Waals surface area (Å²) in [5.74, 6) is -1.40. The van der Waals surface area contributed by atoms with E-state index in [-0.39, 0.29) is 0 Å². The first kappa shape index (κ1) is 10.0. The Labute approximate surface area is 89.4 Å². The van der Waals surface area contributed by atoms with Crippen LogP contribution in [0.3, 0.4) is 0 Å². The summed E-state index contributed by atoms with van der Waals surface area (Å²) in [6.45, 7) is 2.80. The zero-order valence-corrected chi connectivity index (χ0v) is 9.17. The Morgan fingerprint density at radius 1 is 1.50 bits per heavy atom. The van der Waals surface area contributed by atoms with Crippen LogP contribution in [0.2, 0.25) is 0 Å². The van der Waals surface area contributed by atoms with Gasteiger partial charge in [-0.15, -0.1) is 0 Å². The van der Waals surface area contributed by atoms with Crippen molar-refractivity contribution in [3.8, 4) is 0 Å². The van der Waals surface area contributed by atoms with E-state index in [2.05, 4.69) is 20.9 Å². The van der Waals surface area contributed by atoms with Gasteiger partial charge in [0, 0.05) is 22.3 Å². The lowest BCUT2D eigenvalue weighted by atomic mass is 10.1. The first-order chi connectivity index (χ1) is 6.62. The van der Waals surface area contributed by atoms with Crippen molar-refractivity contribution < 1.29 is 13.9 Å². The Hall–Kier alpha value is -0.520. The summed E-state index contributed by atoms with van der Waals surface area (Å²) in [4.78, 5) is 3.52. The van der Waals surface area contributed by atoms with Gasteiger partial charge in [0.1, 0.15) is 0 Å². The van der Waals surface area contributed by atoms with Crippen molar-refractivity contribution >= 4 is 15.9 Å². The number of ether oxygens (including phenoxy) is 2. The zero-order valence-electron chi connectivity index (χ0n) is 7.59. The molecule has 0 spiro atoms. The second-order valence-electron chi connectivity index (χ2n) is 3.13. The van der Waals surface area contributed by atoms with Crippen LogP contribution in [0.5, 0.6) is 0 Å². The molecular weight excluding hydrogens is 253 g/mol. The van der Waals surface area contributed by atoms with Gasteiger partial charge >= 0.3 is 0 Å². The van der Waals surface area contributed by atoms with Crippen LogP contribution in [0.1, 0.15) is 12.5 Å². The quantitative estimate of drug-likeness (QED) is 0.727. The molecule has 1 aliphatic heterocycles. The SMILES string of the molecule is CC1(c2cc(F)ncc2Br)OCCO1. The number of aromatic nitrogens is 1. The molecule has 0 aliphatic carbocycles. The summed E-state index contributed by atoms with van der Waals surface area (Å²) in [7, 11) is 0. The second-order valence-corrected chi connectivity index (χ2v) is 3.98. The molecular formula is C9H9BrFNO2. The molecule has 2 heterocycles. The standard InChI is InChI=1S/C9H9BrFNO2/c1-9(13-2-3-14-9)6-4-8(11)12-5-7(6)10/h4-5H,2-3H2,1H3. The Morgan fingerprint density at radius 2 is 2.14 bits per heavy atom. The van der Waals surface area contributed by atoms with Crippen LogP contribution in [-0.4, -0.2) is 18.2 Å². The maximum atomic E-state index is 12.9. The first-order valence-electron chi connectivity index (χ1n) is 4.21. The highest BCUT2D eigenvalue weighted by Gasteiger charge is 2.35. The van der Waals surface area contributed by atoms with E-state index < -0.39 is 11.7 Å². The fraction of sp³-hybridized carbons (Fsp3) is 0.444. The monoisotopic (exact) mass is 261 g/mol. The summed E-state index contributed by atoms with van der Waals surface area (Å²) < 4.78 is 24.4. The largest absolute Gasteiger partial charge is 0.344 e. The lowest BCUT2D eigenvalue weighted by Crippen LogP contribution is -2.23. The van der Waals surface area contributed by atoms with Gasteiger partial charge in [-0.1, -0.05) is 0 Å². The van der Waals surface area contributed by atoms with Crippen molar-refractivity contribution in [1.82, 2.24) is 4.98 Å². The van der Waals surface area contributed by atoms with E-state index >= 15 is 0 Å². The van der Waals surface area contributed by atoms with Crippen molar-refractivity contribution in [2.75, 3.05) is 13.2 Å². The summed E-state index contributed by atoms with van der Waals surface area (Å²) in [5, 5.41) is 0. The van der Waals surface area contributed by atoms with Gasteiger partial charge in [0.05, 0.1) is 13.2 Å². The predicted molar refractivity (Wildman–Crippen MR) is 51.2 cm³/mol. The first-order valence-corrected chi connectivity index (χ1v) is 5.00. The molecule has 0 bridgehead atoms.